The summed E-state index contributed by atoms with van der Waals surface area (Å²) >= 11 is 0. The van der Waals surface area contributed by atoms with Crippen molar-refractivity contribution in [3.8, 4) is 23.0 Å². The third-order valence-corrected chi connectivity index (χ3v) is 4.48. The van der Waals surface area contributed by atoms with Crippen LogP contribution < -0.4 is 18.9 Å². The zero-order valence-corrected chi connectivity index (χ0v) is 17.9. The van der Waals surface area contributed by atoms with E-state index in [1.165, 1.54) is 32.4 Å². The van der Waals surface area contributed by atoms with Crippen molar-refractivity contribution in [3.05, 3.63) is 53.2 Å². The monoisotopic (exact) mass is 447 g/mol. The van der Waals surface area contributed by atoms with Crippen LogP contribution >= 0.6 is 0 Å². The molecule has 7 nitrogen and oxygen atoms in total. The first kappa shape index (κ1) is 23.1. The maximum Gasteiger partial charge on any atom is 0.387 e. The molecule has 0 aliphatic carbocycles. The lowest BCUT2D eigenvalue weighted by atomic mass is 10.1. The highest BCUT2D eigenvalue weighted by Crippen LogP contribution is 2.40. The molecule has 3 rings (SSSR count). The number of unbranched alkanes of at least 4 members (excludes halogenated alkanes) is 1. The zero-order chi connectivity index (χ0) is 23.1. The largest absolute Gasteiger partial charge is 0.494 e. The number of hydrogen-bond donors (Lipinski definition) is 0. The molecule has 0 N–H and O–H groups in total. The van der Waals surface area contributed by atoms with Gasteiger partial charge in [0.2, 0.25) is 11.6 Å². The summed E-state index contributed by atoms with van der Waals surface area (Å²) in [4.78, 5) is 16.6. The predicted octanol–water partition coefficient (Wildman–Crippen LogP) is 4.83. The van der Waals surface area contributed by atoms with Crippen molar-refractivity contribution in [3.63, 3.8) is 0 Å². The lowest BCUT2D eigenvalue weighted by Crippen LogP contribution is -2.06. The fourth-order valence-corrected chi connectivity index (χ4v) is 2.91. The van der Waals surface area contributed by atoms with Gasteiger partial charge in [-0.1, -0.05) is 13.3 Å². The van der Waals surface area contributed by atoms with Crippen molar-refractivity contribution in [2.75, 3.05) is 20.8 Å². The number of aliphatic imine (C=N–C) groups is 1. The average Bonchev–Trinajstić information content (AvgIpc) is 3.14. The van der Waals surface area contributed by atoms with Crippen LogP contribution in [-0.2, 0) is 9.53 Å². The van der Waals surface area contributed by atoms with E-state index < -0.39 is 12.6 Å². The molecule has 170 valence electrons. The van der Waals surface area contributed by atoms with Gasteiger partial charge in [0.1, 0.15) is 5.75 Å². The molecular formula is C23H23F2NO6. The summed E-state index contributed by atoms with van der Waals surface area (Å²) in [7, 11) is 2.61. The number of halogens is 2. The number of carbonyl (C=O) groups excluding carboxylic acids is 1. The van der Waals surface area contributed by atoms with E-state index in [-0.39, 0.29) is 28.8 Å². The summed E-state index contributed by atoms with van der Waals surface area (Å²) in [6, 6.07) is 9.91. The van der Waals surface area contributed by atoms with Crippen LogP contribution in [0.4, 0.5) is 8.78 Å². The van der Waals surface area contributed by atoms with Crippen LogP contribution in [0.25, 0.3) is 6.08 Å². The highest BCUT2D eigenvalue weighted by atomic mass is 19.3. The number of benzene rings is 2. The minimum atomic E-state index is -3.05. The minimum absolute atomic E-state index is 0.0192. The molecule has 0 aromatic heterocycles. The second-order valence-corrected chi connectivity index (χ2v) is 6.70. The van der Waals surface area contributed by atoms with Crippen molar-refractivity contribution in [1.29, 1.82) is 0 Å². The maximum atomic E-state index is 12.7. The zero-order valence-electron chi connectivity index (χ0n) is 17.9. The van der Waals surface area contributed by atoms with E-state index in [0.29, 0.717) is 23.5 Å². The van der Waals surface area contributed by atoms with Gasteiger partial charge in [-0.2, -0.15) is 8.78 Å². The van der Waals surface area contributed by atoms with E-state index in [1.807, 2.05) is 0 Å². The molecule has 0 unspecified atom stereocenters. The first-order valence-electron chi connectivity index (χ1n) is 9.91. The van der Waals surface area contributed by atoms with Gasteiger partial charge in [0.15, 0.2) is 17.2 Å². The van der Waals surface area contributed by atoms with E-state index in [0.717, 1.165) is 12.8 Å². The molecule has 32 heavy (non-hydrogen) atoms. The molecule has 2 aromatic carbocycles. The van der Waals surface area contributed by atoms with E-state index >= 15 is 0 Å². The number of nitrogens with zero attached hydrogens (tertiary/aromatic N) is 1. The van der Waals surface area contributed by atoms with E-state index in [4.69, 9.17) is 18.9 Å². The standard InChI is InChI=1S/C23H23F2NO6/c1-4-5-10-30-16-8-6-15(7-9-16)21-26-17(22(27)32-21)11-14-12-18(28-2)20(31-23(24)25)19(13-14)29-3/h6-9,11-13,23H,4-5,10H2,1-3H3/b17-11-. The van der Waals surface area contributed by atoms with Gasteiger partial charge in [0.25, 0.3) is 0 Å². The van der Waals surface area contributed by atoms with Gasteiger partial charge in [-0.25, -0.2) is 9.79 Å². The number of rotatable bonds is 10. The molecule has 2 aromatic rings. The van der Waals surface area contributed by atoms with Gasteiger partial charge in [-0.05, 0) is 54.5 Å². The summed E-state index contributed by atoms with van der Waals surface area (Å²) in [5, 5.41) is 0. The third kappa shape index (κ3) is 5.54. The molecule has 0 saturated heterocycles. The van der Waals surface area contributed by atoms with Gasteiger partial charge in [0, 0.05) is 5.56 Å². The number of alkyl halides is 2. The Kier molecular flexibility index (Phi) is 7.64. The molecule has 0 bridgehead atoms. The molecule has 9 heteroatoms. The van der Waals surface area contributed by atoms with E-state index in [2.05, 4.69) is 16.7 Å². The highest BCUT2D eigenvalue weighted by molar-refractivity contribution is 6.12. The minimum Gasteiger partial charge on any atom is -0.494 e. The molecule has 0 atom stereocenters. The van der Waals surface area contributed by atoms with Crippen molar-refractivity contribution >= 4 is 17.9 Å². The molecule has 0 radical (unpaired) electrons. The first-order chi connectivity index (χ1) is 15.4. The predicted molar refractivity (Wildman–Crippen MR) is 114 cm³/mol. The van der Waals surface area contributed by atoms with Gasteiger partial charge in [-0.3, -0.25) is 0 Å². The Hall–Kier alpha value is -3.62. The molecule has 0 saturated carbocycles. The summed E-state index contributed by atoms with van der Waals surface area (Å²) in [5.74, 6) is 0.0169. The second kappa shape index (κ2) is 10.6. The smallest absolute Gasteiger partial charge is 0.387 e. The van der Waals surface area contributed by atoms with Gasteiger partial charge < -0.3 is 23.7 Å². The SMILES string of the molecule is CCCCOc1ccc(C2=N/C(=C\c3cc(OC)c(OC(F)F)c(OC)c3)C(=O)O2)cc1. The number of esters is 1. The van der Waals surface area contributed by atoms with Crippen LogP contribution in [0.15, 0.2) is 47.1 Å². The Morgan fingerprint density at radius 2 is 1.75 bits per heavy atom. The lowest BCUT2D eigenvalue weighted by molar-refractivity contribution is -0.129. The quantitative estimate of drug-likeness (QED) is 0.295. The van der Waals surface area contributed by atoms with Gasteiger partial charge in [-0.15, -0.1) is 0 Å². The fraction of sp³-hybridized carbons (Fsp3) is 0.304. The number of ether oxygens (including phenoxy) is 5. The lowest BCUT2D eigenvalue weighted by Gasteiger charge is -2.14. The Morgan fingerprint density at radius 3 is 2.31 bits per heavy atom. The average molecular weight is 447 g/mol. The molecule has 0 amide bonds. The molecule has 1 aliphatic heterocycles. The van der Waals surface area contributed by atoms with Crippen LogP contribution in [0.3, 0.4) is 0 Å². The Morgan fingerprint density at radius 1 is 1.09 bits per heavy atom. The van der Waals surface area contributed by atoms with Crippen LogP contribution in [-0.4, -0.2) is 39.3 Å². The highest BCUT2D eigenvalue weighted by Gasteiger charge is 2.25. The number of carbonyl (C=O) groups is 1. The van der Waals surface area contributed by atoms with Crippen LogP contribution in [0, 0.1) is 0 Å². The summed E-state index contributed by atoms with van der Waals surface area (Å²) in [5.41, 5.74) is 1.08. The van der Waals surface area contributed by atoms with Crippen LogP contribution in [0.1, 0.15) is 30.9 Å². The summed E-state index contributed by atoms with van der Waals surface area (Å²) in [6.45, 7) is -0.336. The molecule has 1 heterocycles. The van der Waals surface area contributed by atoms with Crippen molar-refractivity contribution in [1.82, 2.24) is 0 Å². The number of methoxy groups -OCH3 is 2. The van der Waals surface area contributed by atoms with Crippen molar-refractivity contribution < 1.29 is 37.3 Å². The normalized spacial score (nSPS) is 14.4. The van der Waals surface area contributed by atoms with E-state index in [1.54, 1.807) is 24.3 Å². The van der Waals surface area contributed by atoms with Crippen LogP contribution in [0.5, 0.6) is 23.0 Å². The number of cyclic esters (lactones) is 1. The van der Waals surface area contributed by atoms with Crippen LogP contribution in [0.2, 0.25) is 0 Å². The Bertz CT molecular complexity index is 993. The summed E-state index contributed by atoms with van der Waals surface area (Å²) < 4.78 is 51.1. The molecule has 0 fully saturated rings. The molecule has 0 spiro atoms. The molecular weight excluding hydrogens is 424 g/mol. The number of hydrogen-bond acceptors (Lipinski definition) is 7. The second-order valence-electron chi connectivity index (χ2n) is 6.70. The van der Waals surface area contributed by atoms with Gasteiger partial charge >= 0.3 is 12.6 Å². The van der Waals surface area contributed by atoms with Gasteiger partial charge in [0.05, 0.1) is 20.8 Å². The van der Waals surface area contributed by atoms with Crippen molar-refractivity contribution in [2.24, 2.45) is 4.99 Å². The van der Waals surface area contributed by atoms with E-state index in [9.17, 15) is 13.6 Å². The Labute approximate surface area is 184 Å². The molecule has 1 aliphatic rings. The third-order valence-electron chi connectivity index (χ3n) is 4.48. The fourth-order valence-electron chi connectivity index (χ4n) is 2.91. The summed E-state index contributed by atoms with van der Waals surface area (Å²) in [6.07, 6.45) is 3.44. The Balaban J connectivity index is 1.85. The first-order valence-corrected chi connectivity index (χ1v) is 9.91. The maximum absolute atomic E-state index is 12.7. The van der Waals surface area contributed by atoms with Crippen molar-refractivity contribution in [2.45, 2.75) is 26.4 Å². The topological polar surface area (TPSA) is 75.6 Å².